The first-order valence-corrected chi connectivity index (χ1v) is 4.97. The Bertz CT molecular complexity index is 477. The second-order valence-electron chi connectivity index (χ2n) is 3.81. The van der Waals surface area contributed by atoms with Crippen LogP contribution in [0.4, 0.5) is 18.9 Å². The van der Waals surface area contributed by atoms with Crippen molar-refractivity contribution < 1.29 is 18.1 Å². The third kappa shape index (κ3) is 2.73. The van der Waals surface area contributed by atoms with Gasteiger partial charge in [-0.15, -0.1) is 12.4 Å². The number of nitro groups is 1. The minimum atomic E-state index is -4.56. The standard InChI is InChI=1S/C10H9F3N2O2.ClH/c11-10(12,13)7-3-6-5-14-2-1-8(6)9(4-7)15(16)17;/h3-4,14H,1-2,5H2;1H. The molecule has 1 aromatic carbocycles. The lowest BCUT2D eigenvalue weighted by molar-refractivity contribution is -0.385. The fourth-order valence-corrected chi connectivity index (χ4v) is 1.92. The molecular weight excluding hydrogens is 273 g/mol. The van der Waals surface area contributed by atoms with Gasteiger partial charge in [0.2, 0.25) is 0 Å². The summed E-state index contributed by atoms with van der Waals surface area (Å²) in [4.78, 5) is 10.0. The number of rotatable bonds is 1. The maximum Gasteiger partial charge on any atom is 0.416 e. The highest BCUT2D eigenvalue weighted by Crippen LogP contribution is 2.35. The van der Waals surface area contributed by atoms with Crippen LogP contribution in [0.3, 0.4) is 0 Å². The highest BCUT2D eigenvalue weighted by molar-refractivity contribution is 5.85. The van der Waals surface area contributed by atoms with Crippen LogP contribution in [0.1, 0.15) is 16.7 Å². The predicted octanol–water partition coefficient (Wildman–Crippen LogP) is 2.68. The Morgan fingerprint density at radius 1 is 1.33 bits per heavy atom. The Kier molecular flexibility index (Phi) is 4.18. The van der Waals surface area contributed by atoms with E-state index >= 15 is 0 Å². The second kappa shape index (κ2) is 5.11. The predicted molar refractivity (Wildman–Crippen MR) is 60.8 cm³/mol. The molecule has 0 radical (unpaired) electrons. The average molecular weight is 283 g/mol. The Morgan fingerprint density at radius 3 is 2.56 bits per heavy atom. The molecule has 0 saturated heterocycles. The van der Waals surface area contributed by atoms with Gasteiger partial charge in [0, 0.05) is 18.2 Å². The molecule has 1 aromatic rings. The zero-order valence-electron chi connectivity index (χ0n) is 9.08. The highest BCUT2D eigenvalue weighted by Gasteiger charge is 2.34. The van der Waals surface area contributed by atoms with Gasteiger partial charge < -0.3 is 5.32 Å². The van der Waals surface area contributed by atoms with Gasteiger partial charge in [0.15, 0.2) is 0 Å². The van der Waals surface area contributed by atoms with Crippen LogP contribution in [0.2, 0.25) is 0 Å². The summed E-state index contributed by atoms with van der Waals surface area (Å²) in [7, 11) is 0. The van der Waals surface area contributed by atoms with Crippen LogP contribution in [0.5, 0.6) is 0 Å². The summed E-state index contributed by atoms with van der Waals surface area (Å²) in [5.74, 6) is 0. The van der Waals surface area contributed by atoms with Crippen LogP contribution >= 0.6 is 12.4 Å². The Morgan fingerprint density at radius 2 is 2.00 bits per heavy atom. The van der Waals surface area contributed by atoms with Crippen LogP contribution in [0.25, 0.3) is 0 Å². The molecule has 2 rings (SSSR count). The van der Waals surface area contributed by atoms with E-state index in [-0.39, 0.29) is 19.0 Å². The van der Waals surface area contributed by atoms with Crippen LogP contribution in [-0.2, 0) is 19.1 Å². The topological polar surface area (TPSA) is 55.2 Å². The Balaban J connectivity index is 0.00000162. The molecule has 1 aliphatic heterocycles. The molecule has 1 aliphatic rings. The molecule has 0 aromatic heterocycles. The lowest BCUT2D eigenvalue weighted by atomic mass is 9.96. The lowest BCUT2D eigenvalue weighted by Crippen LogP contribution is -2.25. The van der Waals surface area contributed by atoms with Crippen LogP contribution in [0.15, 0.2) is 12.1 Å². The molecule has 0 saturated carbocycles. The second-order valence-corrected chi connectivity index (χ2v) is 3.81. The number of hydrogen-bond donors (Lipinski definition) is 1. The molecule has 0 aliphatic carbocycles. The van der Waals surface area contributed by atoms with Crippen molar-refractivity contribution in [3.8, 4) is 0 Å². The summed E-state index contributed by atoms with van der Waals surface area (Å²) in [5, 5.41) is 13.7. The van der Waals surface area contributed by atoms with E-state index in [1.165, 1.54) is 0 Å². The summed E-state index contributed by atoms with van der Waals surface area (Å²) in [6.45, 7) is 0.777. The van der Waals surface area contributed by atoms with Crippen molar-refractivity contribution >= 4 is 18.1 Å². The summed E-state index contributed by atoms with van der Waals surface area (Å²) in [5.41, 5.74) is -0.637. The van der Waals surface area contributed by atoms with Crippen molar-refractivity contribution in [1.29, 1.82) is 0 Å². The molecule has 100 valence electrons. The first-order valence-electron chi connectivity index (χ1n) is 4.97. The van der Waals surface area contributed by atoms with Gasteiger partial charge >= 0.3 is 6.18 Å². The van der Waals surface area contributed by atoms with Gasteiger partial charge in [-0.05, 0) is 24.6 Å². The quantitative estimate of drug-likeness (QED) is 0.636. The average Bonchev–Trinajstić information content (AvgIpc) is 2.26. The third-order valence-corrected chi connectivity index (χ3v) is 2.71. The van der Waals surface area contributed by atoms with Gasteiger partial charge in [0.05, 0.1) is 10.5 Å². The van der Waals surface area contributed by atoms with Gasteiger partial charge in [-0.2, -0.15) is 13.2 Å². The smallest absolute Gasteiger partial charge is 0.312 e. The Labute approximate surface area is 107 Å². The molecule has 4 nitrogen and oxygen atoms in total. The first kappa shape index (κ1) is 14.7. The number of nitro benzene ring substituents is 1. The van der Waals surface area contributed by atoms with Gasteiger partial charge in [0.1, 0.15) is 0 Å². The van der Waals surface area contributed by atoms with Gasteiger partial charge in [-0.1, -0.05) is 0 Å². The fraction of sp³-hybridized carbons (Fsp3) is 0.400. The molecule has 18 heavy (non-hydrogen) atoms. The number of alkyl halides is 3. The van der Waals surface area contributed by atoms with E-state index < -0.39 is 22.4 Å². The molecule has 0 bridgehead atoms. The molecular formula is C10H10ClF3N2O2. The zero-order valence-corrected chi connectivity index (χ0v) is 9.90. The molecule has 0 amide bonds. The number of fused-ring (bicyclic) bond motifs is 1. The van der Waals surface area contributed by atoms with Gasteiger partial charge in [0.25, 0.3) is 5.69 Å². The molecule has 0 fully saturated rings. The summed E-state index contributed by atoms with van der Waals surface area (Å²) >= 11 is 0. The van der Waals surface area contributed by atoms with E-state index in [0.717, 1.165) is 6.07 Å². The lowest BCUT2D eigenvalue weighted by Gasteiger charge is -2.18. The van der Waals surface area contributed by atoms with Crippen molar-refractivity contribution in [2.45, 2.75) is 19.1 Å². The molecule has 0 atom stereocenters. The molecule has 0 unspecified atom stereocenters. The molecule has 0 spiro atoms. The number of hydrogen-bond acceptors (Lipinski definition) is 3. The SMILES string of the molecule is Cl.O=[N+]([O-])c1cc(C(F)(F)F)cc2c1CCNC2. The van der Waals surface area contributed by atoms with E-state index in [1.807, 2.05) is 0 Å². The minimum Gasteiger partial charge on any atom is -0.312 e. The molecule has 1 N–H and O–H groups in total. The maximum absolute atomic E-state index is 12.6. The van der Waals surface area contributed by atoms with Crippen LogP contribution in [0, 0.1) is 10.1 Å². The summed E-state index contributed by atoms with van der Waals surface area (Å²) < 4.78 is 37.7. The van der Waals surface area contributed by atoms with E-state index in [9.17, 15) is 23.3 Å². The first-order chi connectivity index (χ1) is 7.89. The van der Waals surface area contributed by atoms with E-state index in [0.29, 0.717) is 30.2 Å². The van der Waals surface area contributed by atoms with Crippen molar-refractivity contribution in [2.75, 3.05) is 6.54 Å². The van der Waals surface area contributed by atoms with E-state index in [4.69, 9.17) is 0 Å². The minimum absolute atomic E-state index is 0. The monoisotopic (exact) mass is 282 g/mol. The number of nitrogens with zero attached hydrogens (tertiary/aromatic N) is 1. The molecule has 1 heterocycles. The molecule has 8 heteroatoms. The number of nitrogens with one attached hydrogen (secondary N) is 1. The maximum atomic E-state index is 12.6. The van der Waals surface area contributed by atoms with Gasteiger partial charge in [-0.25, -0.2) is 0 Å². The van der Waals surface area contributed by atoms with Crippen molar-refractivity contribution in [3.05, 3.63) is 38.9 Å². The van der Waals surface area contributed by atoms with E-state index in [1.54, 1.807) is 0 Å². The highest BCUT2D eigenvalue weighted by atomic mass is 35.5. The number of halogens is 4. The van der Waals surface area contributed by atoms with Crippen molar-refractivity contribution in [1.82, 2.24) is 5.32 Å². The third-order valence-electron chi connectivity index (χ3n) is 2.71. The largest absolute Gasteiger partial charge is 0.416 e. The number of benzene rings is 1. The fourth-order valence-electron chi connectivity index (χ4n) is 1.92. The van der Waals surface area contributed by atoms with E-state index in [2.05, 4.69) is 5.32 Å². The normalized spacial score (nSPS) is 14.6. The Hall–Kier alpha value is -1.34. The van der Waals surface area contributed by atoms with Crippen LogP contribution < -0.4 is 5.32 Å². The summed E-state index contributed by atoms with van der Waals surface area (Å²) in [6.07, 6.45) is -4.18. The van der Waals surface area contributed by atoms with Crippen LogP contribution in [-0.4, -0.2) is 11.5 Å². The van der Waals surface area contributed by atoms with Gasteiger partial charge in [-0.3, -0.25) is 10.1 Å². The summed E-state index contributed by atoms with van der Waals surface area (Å²) in [6, 6.07) is 1.60. The van der Waals surface area contributed by atoms with Crippen molar-refractivity contribution in [2.24, 2.45) is 0 Å². The zero-order chi connectivity index (χ0) is 12.6. The van der Waals surface area contributed by atoms with Crippen molar-refractivity contribution in [3.63, 3.8) is 0 Å².